The van der Waals surface area contributed by atoms with Crippen molar-refractivity contribution in [3.63, 3.8) is 0 Å². The number of hydrogen-bond acceptors (Lipinski definition) is 6. The molecule has 0 saturated carbocycles. The number of carbonyl (C=O) groups is 1. The van der Waals surface area contributed by atoms with Gasteiger partial charge >= 0.3 is 0 Å². The summed E-state index contributed by atoms with van der Waals surface area (Å²) in [6.45, 7) is 5.69. The molecule has 1 amide bonds. The maximum Gasteiger partial charge on any atom is 0.258 e. The highest BCUT2D eigenvalue weighted by Gasteiger charge is 2.24. The van der Waals surface area contributed by atoms with E-state index in [9.17, 15) is 4.79 Å². The average Bonchev–Trinajstić information content (AvgIpc) is 3.40. The van der Waals surface area contributed by atoms with Crippen molar-refractivity contribution in [3.8, 4) is 28.6 Å². The molecule has 3 aromatic carbocycles. The highest BCUT2D eigenvalue weighted by atomic mass is 35.5. The number of ether oxygens (including phenoxy) is 1. The first-order valence-electron chi connectivity index (χ1n) is 11.9. The van der Waals surface area contributed by atoms with Crippen molar-refractivity contribution >= 4 is 17.5 Å². The third-order valence-electron chi connectivity index (χ3n) is 6.48. The van der Waals surface area contributed by atoms with E-state index >= 15 is 0 Å². The molecule has 0 atom stereocenters. The van der Waals surface area contributed by atoms with Gasteiger partial charge in [0.2, 0.25) is 5.82 Å². The molecule has 36 heavy (non-hydrogen) atoms. The predicted octanol–water partition coefficient (Wildman–Crippen LogP) is 5.33. The molecule has 0 N–H and O–H groups in total. The van der Waals surface area contributed by atoms with Crippen LogP contribution >= 0.6 is 11.6 Å². The minimum atomic E-state index is 0.0562. The summed E-state index contributed by atoms with van der Waals surface area (Å²) in [6, 6.07) is 21.1. The molecule has 1 aliphatic rings. The lowest BCUT2D eigenvalue weighted by molar-refractivity contribution is 0.0627. The molecular formula is C28H27ClN4O3. The van der Waals surface area contributed by atoms with Gasteiger partial charge in [0, 0.05) is 60.0 Å². The van der Waals surface area contributed by atoms with Crippen LogP contribution in [0.25, 0.3) is 22.8 Å². The van der Waals surface area contributed by atoms with Crippen molar-refractivity contribution in [2.75, 3.05) is 33.3 Å². The molecule has 5 rings (SSSR count). The van der Waals surface area contributed by atoms with Crippen molar-refractivity contribution in [2.24, 2.45) is 0 Å². The molecule has 0 unspecified atom stereocenters. The van der Waals surface area contributed by atoms with Crippen molar-refractivity contribution in [2.45, 2.75) is 13.5 Å². The van der Waals surface area contributed by atoms with Crippen molar-refractivity contribution < 1.29 is 14.1 Å². The SMILES string of the molecule is COc1cccc(C(=O)N2CCN(Cc3cccc(-c4noc(-c5cccc(Cl)c5)n4)c3)CC2)c1C. The Morgan fingerprint density at radius 1 is 1.00 bits per heavy atom. The molecule has 7 nitrogen and oxygen atoms in total. The Kier molecular flexibility index (Phi) is 7.02. The molecule has 4 aromatic rings. The predicted molar refractivity (Wildman–Crippen MR) is 139 cm³/mol. The first-order valence-corrected chi connectivity index (χ1v) is 12.2. The third-order valence-corrected chi connectivity index (χ3v) is 6.72. The zero-order valence-corrected chi connectivity index (χ0v) is 21.0. The number of methoxy groups -OCH3 is 1. The van der Waals surface area contributed by atoms with Crippen LogP contribution in [0.15, 0.2) is 71.3 Å². The highest BCUT2D eigenvalue weighted by Crippen LogP contribution is 2.26. The molecule has 1 saturated heterocycles. The number of hydrogen-bond donors (Lipinski definition) is 0. The number of benzene rings is 3. The standard InChI is InChI=1S/C28H27ClN4O3/c1-19-24(10-5-11-25(19)35-2)28(34)33-14-12-32(13-15-33)18-20-6-3-7-21(16-20)26-30-27(36-31-26)22-8-4-9-23(29)17-22/h3-11,16-17H,12-15,18H2,1-2H3. The molecule has 0 spiro atoms. The minimum Gasteiger partial charge on any atom is -0.496 e. The number of rotatable bonds is 6. The Bertz CT molecular complexity index is 1380. The Hall–Kier alpha value is -3.68. The van der Waals surface area contributed by atoms with Crippen LogP contribution < -0.4 is 4.74 Å². The monoisotopic (exact) mass is 502 g/mol. The Balaban J connectivity index is 1.22. The van der Waals surface area contributed by atoms with Crippen LogP contribution in [-0.4, -0.2) is 59.1 Å². The average molecular weight is 503 g/mol. The summed E-state index contributed by atoms with van der Waals surface area (Å²) in [7, 11) is 1.63. The summed E-state index contributed by atoms with van der Waals surface area (Å²) in [4.78, 5) is 21.9. The Labute approximate surface area is 215 Å². The number of aromatic nitrogens is 2. The van der Waals surface area contributed by atoms with E-state index in [0.717, 1.165) is 47.6 Å². The number of carbonyl (C=O) groups excluding carboxylic acids is 1. The van der Waals surface area contributed by atoms with Gasteiger partial charge in [-0.05, 0) is 48.9 Å². The molecule has 0 aliphatic carbocycles. The summed E-state index contributed by atoms with van der Waals surface area (Å²) in [5.41, 5.74) is 4.42. The number of nitrogens with zero attached hydrogens (tertiary/aromatic N) is 4. The summed E-state index contributed by atoms with van der Waals surface area (Å²) in [5, 5.41) is 4.78. The molecule has 184 valence electrons. The summed E-state index contributed by atoms with van der Waals surface area (Å²) in [5.74, 6) is 1.77. The van der Waals surface area contributed by atoms with Gasteiger partial charge in [-0.25, -0.2) is 0 Å². The van der Waals surface area contributed by atoms with E-state index in [1.165, 1.54) is 0 Å². The fraction of sp³-hybridized carbons (Fsp3) is 0.250. The maximum atomic E-state index is 13.1. The minimum absolute atomic E-state index is 0.0562. The molecule has 1 aromatic heterocycles. The highest BCUT2D eigenvalue weighted by molar-refractivity contribution is 6.30. The van der Waals surface area contributed by atoms with E-state index in [1.807, 2.05) is 54.3 Å². The lowest BCUT2D eigenvalue weighted by Gasteiger charge is -2.35. The molecule has 0 radical (unpaired) electrons. The maximum absolute atomic E-state index is 13.1. The van der Waals surface area contributed by atoms with Gasteiger partial charge < -0.3 is 14.2 Å². The lowest BCUT2D eigenvalue weighted by Crippen LogP contribution is -2.48. The molecule has 1 aliphatic heterocycles. The second-order valence-corrected chi connectivity index (χ2v) is 9.27. The van der Waals surface area contributed by atoms with Crippen LogP contribution in [0.1, 0.15) is 21.5 Å². The van der Waals surface area contributed by atoms with Crippen LogP contribution in [0.2, 0.25) is 5.02 Å². The van der Waals surface area contributed by atoms with Gasteiger partial charge in [0.25, 0.3) is 11.8 Å². The Morgan fingerprint density at radius 2 is 1.75 bits per heavy atom. The van der Waals surface area contributed by atoms with Gasteiger partial charge in [0.05, 0.1) is 7.11 Å². The van der Waals surface area contributed by atoms with E-state index in [2.05, 4.69) is 27.2 Å². The van der Waals surface area contributed by atoms with Crippen LogP contribution in [0.3, 0.4) is 0 Å². The molecular weight excluding hydrogens is 476 g/mol. The van der Waals surface area contributed by atoms with Gasteiger partial charge in [-0.15, -0.1) is 0 Å². The second-order valence-electron chi connectivity index (χ2n) is 8.84. The first kappa shape index (κ1) is 24.0. The quantitative estimate of drug-likeness (QED) is 0.355. The number of amides is 1. The van der Waals surface area contributed by atoms with E-state index in [-0.39, 0.29) is 5.91 Å². The second kappa shape index (κ2) is 10.5. The normalized spacial score (nSPS) is 14.1. The molecule has 0 bridgehead atoms. The molecule has 1 fully saturated rings. The fourth-order valence-corrected chi connectivity index (χ4v) is 4.68. The topological polar surface area (TPSA) is 71.7 Å². The van der Waals surface area contributed by atoms with E-state index in [4.69, 9.17) is 20.9 Å². The summed E-state index contributed by atoms with van der Waals surface area (Å²) < 4.78 is 10.8. The Morgan fingerprint density at radius 3 is 2.53 bits per heavy atom. The lowest BCUT2D eigenvalue weighted by atomic mass is 10.1. The molecule has 8 heteroatoms. The van der Waals surface area contributed by atoms with Crippen LogP contribution in [0.5, 0.6) is 5.75 Å². The van der Waals surface area contributed by atoms with Gasteiger partial charge in [-0.2, -0.15) is 4.98 Å². The van der Waals surface area contributed by atoms with Crippen LogP contribution in [0.4, 0.5) is 0 Å². The zero-order chi connectivity index (χ0) is 25.1. The van der Waals surface area contributed by atoms with Gasteiger partial charge in [-0.1, -0.05) is 47.1 Å². The van der Waals surface area contributed by atoms with Gasteiger partial charge in [0.1, 0.15) is 5.75 Å². The van der Waals surface area contributed by atoms with Crippen molar-refractivity contribution in [3.05, 3.63) is 88.4 Å². The van der Waals surface area contributed by atoms with Crippen molar-refractivity contribution in [1.29, 1.82) is 0 Å². The van der Waals surface area contributed by atoms with Crippen molar-refractivity contribution in [1.82, 2.24) is 19.9 Å². The van der Waals surface area contributed by atoms with Gasteiger partial charge in [0.15, 0.2) is 0 Å². The largest absolute Gasteiger partial charge is 0.496 e. The van der Waals surface area contributed by atoms with Crippen LogP contribution in [0, 0.1) is 6.92 Å². The summed E-state index contributed by atoms with van der Waals surface area (Å²) in [6.07, 6.45) is 0. The fourth-order valence-electron chi connectivity index (χ4n) is 4.49. The number of halogens is 1. The summed E-state index contributed by atoms with van der Waals surface area (Å²) >= 11 is 6.09. The van der Waals surface area contributed by atoms with Gasteiger partial charge in [-0.3, -0.25) is 9.69 Å². The molecule has 2 heterocycles. The van der Waals surface area contributed by atoms with E-state index in [1.54, 1.807) is 19.2 Å². The van der Waals surface area contributed by atoms with E-state index < -0.39 is 0 Å². The third kappa shape index (κ3) is 5.12. The van der Waals surface area contributed by atoms with Crippen LogP contribution in [-0.2, 0) is 6.54 Å². The van der Waals surface area contributed by atoms with E-state index in [0.29, 0.717) is 35.4 Å². The first-order chi connectivity index (χ1) is 17.5. The zero-order valence-electron chi connectivity index (χ0n) is 20.3. The smallest absolute Gasteiger partial charge is 0.258 e. The number of piperazine rings is 1.